The highest BCUT2D eigenvalue weighted by molar-refractivity contribution is 7.47. The van der Waals surface area contributed by atoms with Gasteiger partial charge in [-0.15, -0.1) is 0 Å². The highest BCUT2D eigenvalue weighted by atomic mass is 31.2. The fourth-order valence-electron chi connectivity index (χ4n) is 5.60. The van der Waals surface area contributed by atoms with Gasteiger partial charge in [0.25, 0.3) is 0 Å². The van der Waals surface area contributed by atoms with Crippen LogP contribution in [-0.4, -0.2) is 104 Å². The van der Waals surface area contributed by atoms with Crippen molar-refractivity contribution in [1.82, 2.24) is 0 Å². The lowest BCUT2D eigenvalue weighted by Crippen LogP contribution is -2.30. The molecule has 0 bridgehead atoms. The monoisotopic (exact) mass is 974 g/mol. The Morgan fingerprint density at radius 2 is 1.05 bits per heavy atom. The van der Waals surface area contributed by atoms with E-state index < -0.39 is 84.5 Å². The van der Waals surface area contributed by atoms with Gasteiger partial charge in [-0.05, 0) is 70.6 Å². The Morgan fingerprint density at radius 3 is 1.65 bits per heavy atom. The second kappa shape index (κ2) is 42.1. The Kier molecular flexibility index (Phi) is 40.1. The summed E-state index contributed by atoms with van der Waals surface area (Å²) >= 11 is 0. The lowest BCUT2D eigenvalue weighted by Gasteiger charge is -2.20. The number of phosphoric acid groups is 2. The number of rotatable bonds is 42. The molecule has 1 unspecified atom stereocenters. The van der Waals surface area contributed by atoms with Crippen molar-refractivity contribution in [2.24, 2.45) is 0 Å². The Hall–Kier alpha value is -3.08. The summed E-state index contributed by atoms with van der Waals surface area (Å²) in [5.74, 6) is -1.41. The van der Waals surface area contributed by atoms with Crippen molar-refractivity contribution in [1.29, 1.82) is 0 Å². The lowest BCUT2D eigenvalue weighted by molar-refractivity contribution is -0.161. The zero-order valence-electron chi connectivity index (χ0n) is 39.1. The molecule has 0 aromatic carbocycles. The predicted molar refractivity (Wildman–Crippen MR) is 257 cm³/mol. The van der Waals surface area contributed by atoms with E-state index in [-0.39, 0.29) is 25.7 Å². The molecule has 0 aromatic heterocycles. The molecule has 66 heavy (non-hydrogen) atoms. The van der Waals surface area contributed by atoms with E-state index >= 15 is 0 Å². The topological polar surface area (TPSA) is 256 Å². The molecule has 6 atom stereocenters. The Bertz CT molecular complexity index is 1580. The summed E-state index contributed by atoms with van der Waals surface area (Å²) in [6.07, 6.45) is 39.0. The smallest absolute Gasteiger partial charge is 0.462 e. The van der Waals surface area contributed by atoms with E-state index in [1.54, 1.807) is 42.5 Å². The SMILES string of the molecule is CCCCC/C=C\C/C=C\C/C=C\C/C=C\CCCCCC(=O)O[C@H](COC(=O)CCC[C@@H](O)[C@H](O)/C=C/C=C/C=C\C=C\[C@H](O)CCCCC)COP(=O)(O)OC[C@@H](O)COP(=O)(O)O. The van der Waals surface area contributed by atoms with Gasteiger partial charge in [-0.2, -0.15) is 0 Å². The van der Waals surface area contributed by atoms with Crippen LogP contribution in [0.3, 0.4) is 0 Å². The van der Waals surface area contributed by atoms with E-state index in [4.69, 9.17) is 23.8 Å². The molecule has 0 heterocycles. The average molecular weight is 975 g/mol. The van der Waals surface area contributed by atoms with E-state index in [9.17, 15) is 44.0 Å². The van der Waals surface area contributed by atoms with E-state index in [0.717, 1.165) is 70.6 Å². The van der Waals surface area contributed by atoms with Crippen LogP contribution in [0.25, 0.3) is 0 Å². The summed E-state index contributed by atoms with van der Waals surface area (Å²) in [4.78, 5) is 52.8. The zero-order chi connectivity index (χ0) is 49.2. The minimum Gasteiger partial charge on any atom is -0.462 e. The molecule has 0 fully saturated rings. The number of carbonyl (C=O) groups excluding carboxylic acids is 2. The van der Waals surface area contributed by atoms with Crippen LogP contribution in [0.5, 0.6) is 0 Å². The highest BCUT2D eigenvalue weighted by Crippen LogP contribution is 2.43. The quantitative estimate of drug-likeness (QED) is 0.00990. The molecule has 0 rings (SSSR count). The first kappa shape index (κ1) is 62.9. The molecule has 0 saturated heterocycles. The Morgan fingerprint density at radius 1 is 0.530 bits per heavy atom. The van der Waals surface area contributed by atoms with Crippen molar-refractivity contribution in [2.75, 3.05) is 26.4 Å². The summed E-state index contributed by atoms with van der Waals surface area (Å²) in [7, 11) is -9.82. The third-order valence-electron chi connectivity index (χ3n) is 9.30. The second-order valence-electron chi connectivity index (χ2n) is 15.5. The zero-order valence-corrected chi connectivity index (χ0v) is 40.9. The number of hydrogen-bond donors (Lipinski definition) is 7. The number of allylic oxidation sites excluding steroid dienone is 14. The number of esters is 2. The molecule has 16 nitrogen and oxygen atoms in total. The third kappa shape index (κ3) is 43.5. The van der Waals surface area contributed by atoms with Crippen LogP contribution in [0.2, 0.25) is 0 Å². The van der Waals surface area contributed by atoms with Gasteiger partial charge < -0.3 is 44.6 Å². The maximum atomic E-state index is 12.7. The molecule has 0 spiro atoms. The molecule has 0 aliphatic carbocycles. The van der Waals surface area contributed by atoms with Crippen molar-refractivity contribution in [3.8, 4) is 0 Å². The number of aliphatic hydroxyl groups excluding tert-OH is 4. The summed E-state index contributed by atoms with van der Waals surface area (Å²) in [6.45, 7) is 1.19. The van der Waals surface area contributed by atoms with Crippen LogP contribution in [-0.2, 0) is 41.8 Å². The Labute approximate surface area is 393 Å². The minimum atomic E-state index is -4.91. The number of phosphoric ester groups is 2. The maximum absolute atomic E-state index is 12.7. The molecule has 7 N–H and O–H groups in total. The van der Waals surface area contributed by atoms with E-state index in [1.165, 1.54) is 25.3 Å². The van der Waals surface area contributed by atoms with Crippen LogP contribution in [0, 0.1) is 0 Å². The van der Waals surface area contributed by atoms with Gasteiger partial charge in [0.2, 0.25) is 0 Å². The molecule has 0 saturated carbocycles. The van der Waals surface area contributed by atoms with Gasteiger partial charge in [0.05, 0.1) is 38.1 Å². The molecule has 0 amide bonds. The molecule has 0 aliphatic rings. The summed E-state index contributed by atoms with van der Waals surface area (Å²) in [6, 6.07) is 0. The minimum absolute atomic E-state index is 0.0148. The van der Waals surface area contributed by atoms with Gasteiger partial charge in [0.1, 0.15) is 12.7 Å². The van der Waals surface area contributed by atoms with Gasteiger partial charge in [-0.25, -0.2) is 9.13 Å². The Balaban J connectivity index is 4.86. The van der Waals surface area contributed by atoms with Gasteiger partial charge in [0.15, 0.2) is 6.10 Å². The van der Waals surface area contributed by atoms with Gasteiger partial charge >= 0.3 is 27.6 Å². The van der Waals surface area contributed by atoms with Gasteiger partial charge in [-0.1, -0.05) is 150 Å². The van der Waals surface area contributed by atoms with E-state index in [1.807, 2.05) is 0 Å². The number of aliphatic hydroxyl groups is 4. The van der Waals surface area contributed by atoms with Crippen molar-refractivity contribution in [2.45, 2.75) is 166 Å². The molecular weight excluding hydrogens is 894 g/mol. The molecular formula is C48H80O16P2. The lowest BCUT2D eigenvalue weighted by atomic mass is 10.1. The highest BCUT2D eigenvalue weighted by Gasteiger charge is 2.28. The molecule has 0 aromatic rings. The van der Waals surface area contributed by atoms with Crippen molar-refractivity contribution in [3.63, 3.8) is 0 Å². The number of ether oxygens (including phenoxy) is 2. The second-order valence-corrected chi connectivity index (χ2v) is 18.2. The third-order valence-corrected chi connectivity index (χ3v) is 10.7. The van der Waals surface area contributed by atoms with Gasteiger partial charge in [-0.3, -0.25) is 23.2 Å². The largest absolute Gasteiger partial charge is 0.472 e. The number of carbonyl (C=O) groups is 2. The van der Waals surface area contributed by atoms with E-state index in [0.29, 0.717) is 6.42 Å². The molecule has 0 radical (unpaired) electrons. The molecule has 18 heteroatoms. The van der Waals surface area contributed by atoms with Crippen LogP contribution < -0.4 is 0 Å². The predicted octanol–water partition coefficient (Wildman–Crippen LogP) is 9.03. The maximum Gasteiger partial charge on any atom is 0.472 e. The van der Waals surface area contributed by atoms with Crippen molar-refractivity contribution < 1.29 is 76.9 Å². The first-order chi connectivity index (χ1) is 31.6. The van der Waals surface area contributed by atoms with Crippen molar-refractivity contribution >= 4 is 27.6 Å². The first-order valence-corrected chi connectivity index (χ1v) is 26.3. The van der Waals surface area contributed by atoms with Gasteiger partial charge in [0, 0.05) is 12.8 Å². The standard InChI is InChI=1S/C48H80O16P2/c1-3-5-7-8-9-10-11-12-13-14-15-16-17-18-19-20-21-26-30-36-48(54)64-44(41-63-66(58,59)62-39-43(50)38-61-65(55,56)57)40-60-47(53)37-31-35-46(52)45(51)34-29-25-23-22-24-28-33-42(49)32-27-6-4-2/h9-10,12-13,15-16,18-19,22-25,28-29,33-34,42-46,49-52H,3-8,11,14,17,20-21,26-27,30-32,35-41H2,1-2H3,(H,58,59)(H2,55,56,57)/b10-9-,13-12-,16-15-,19-18-,24-22-,25-23+,33-28+,34-29+/t42-,43+,44-,45-,46-/m1/s1. The average Bonchev–Trinajstić information content (AvgIpc) is 3.27. The van der Waals surface area contributed by atoms with Crippen molar-refractivity contribution in [3.05, 3.63) is 97.2 Å². The number of hydrogen-bond acceptors (Lipinski definition) is 13. The van der Waals surface area contributed by atoms with Crippen LogP contribution in [0.1, 0.15) is 136 Å². The molecule has 0 aliphatic heterocycles. The summed E-state index contributed by atoms with van der Waals surface area (Å²) in [5.41, 5.74) is 0. The van der Waals surface area contributed by atoms with Crippen LogP contribution >= 0.6 is 15.6 Å². The first-order valence-electron chi connectivity index (χ1n) is 23.3. The summed E-state index contributed by atoms with van der Waals surface area (Å²) in [5, 5.41) is 40.3. The van der Waals surface area contributed by atoms with E-state index in [2.05, 4.69) is 71.5 Å². The number of unbranched alkanes of at least 4 members (excludes halogenated alkanes) is 8. The summed E-state index contributed by atoms with van der Waals surface area (Å²) < 4.78 is 47.6. The normalized spacial score (nSPS) is 16.2. The molecule has 378 valence electrons. The fourth-order valence-corrected chi connectivity index (χ4v) is 6.75. The van der Waals surface area contributed by atoms with Crippen LogP contribution in [0.4, 0.5) is 0 Å². The fraction of sp³-hybridized carbons (Fsp3) is 0.625. The van der Waals surface area contributed by atoms with Crippen LogP contribution in [0.15, 0.2) is 97.2 Å².